The van der Waals surface area contributed by atoms with Gasteiger partial charge < -0.3 is 30.3 Å². The number of allylic oxidation sites excluding steroid dienone is 2. The fourth-order valence-corrected chi connectivity index (χ4v) is 3.40. The Balaban J connectivity index is 2.15. The van der Waals surface area contributed by atoms with Gasteiger partial charge in [-0.25, -0.2) is 0 Å². The first-order valence-corrected chi connectivity index (χ1v) is 8.84. The van der Waals surface area contributed by atoms with E-state index in [-0.39, 0.29) is 11.8 Å². The van der Waals surface area contributed by atoms with Crippen LogP contribution in [-0.2, 0) is 4.74 Å². The molecule has 6 nitrogen and oxygen atoms in total. The molecule has 1 aliphatic carbocycles. The SMILES string of the molecule is CCC(C)C(O)/C=C\C=C/[C@H]1O[C@](C)(O)[C@@H](O)[C@H]2[C@H](O)[C@@H](O)C=C[C@@H]21. The summed E-state index contributed by atoms with van der Waals surface area (Å²) in [5.74, 6) is -2.79. The van der Waals surface area contributed by atoms with Gasteiger partial charge in [0.15, 0.2) is 5.79 Å². The van der Waals surface area contributed by atoms with Gasteiger partial charge >= 0.3 is 0 Å². The number of ether oxygens (including phenoxy) is 1. The first-order valence-electron chi connectivity index (χ1n) is 8.84. The number of rotatable bonds is 5. The summed E-state index contributed by atoms with van der Waals surface area (Å²) in [7, 11) is 0. The summed E-state index contributed by atoms with van der Waals surface area (Å²) in [6.45, 7) is 5.32. The molecule has 1 saturated heterocycles. The van der Waals surface area contributed by atoms with Crippen molar-refractivity contribution in [3.05, 3.63) is 36.5 Å². The lowest BCUT2D eigenvalue weighted by Crippen LogP contribution is -2.62. The van der Waals surface area contributed by atoms with E-state index < -0.39 is 42.2 Å². The molecular weight excluding hydrogens is 324 g/mol. The third-order valence-corrected chi connectivity index (χ3v) is 5.33. The van der Waals surface area contributed by atoms with Crippen molar-refractivity contribution >= 4 is 0 Å². The van der Waals surface area contributed by atoms with Crippen LogP contribution >= 0.6 is 0 Å². The van der Waals surface area contributed by atoms with Crippen LogP contribution in [0, 0.1) is 17.8 Å². The first kappa shape index (κ1) is 20.3. The van der Waals surface area contributed by atoms with Crippen LogP contribution in [0.4, 0.5) is 0 Å². The highest BCUT2D eigenvalue weighted by Crippen LogP contribution is 2.42. The van der Waals surface area contributed by atoms with Gasteiger partial charge in [-0.3, -0.25) is 0 Å². The van der Waals surface area contributed by atoms with E-state index in [4.69, 9.17) is 4.74 Å². The Morgan fingerprint density at radius 1 is 1.20 bits per heavy atom. The maximum Gasteiger partial charge on any atom is 0.190 e. The zero-order valence-corrected chi connectivity index (χ0v) is 14.9. The molecule has 5 N–H and O–H groups in total. The molecule has 2 unspecified atom stereocenters. The second kappa shape index (κ2) is 8.12. The van der Waals surface area contributed by atoms with Crippen LogP contribution in [-0.4, -0.2) is 61.8 Å². The van der Waals surface area contributed by atoms with E-state index >= 15 is 0 Å². The fourth-order valence-electron chi connectivity index (χ4n) is 3.40. The molecule has 6 heteroatoms. The molecule has 9 atom stereocenters. The van der Waals surface area contributed by atoms with Crippen LogP contribution in [0.5, 0.6) is 0 Å². The van der Waals surface area contributed by atoms with Gasteiger partial charge in [-0.2, -0.15) is 0 Å². The number of aliphatic hydroxyl groups excluding tert-OH is 4. The van der Waals surface area contributed by atoms with Crippen LogP contribution in [0.1, 0.15) is 27.2 Å². The zero-order chi connectivity index (χ0) is 18.8. The Kier molecular flexibility index (Phi) is 6.59. The molecule has 2 rings (SSSR count). The Morgan fingerprint density at radius 3 is 2.52 bits per heavy atom. The minimum atomic E-state index is -1.83. The van der Waals surface area contributed by atoms with Crippen molar-refractivity contribution in [1.29, 1.82) is 0 Å². The molecule has 0 aromatic carbocycles. The molecule has 0 aromatic heterocycles. The molecule has 0 amide bonds. The fraction of sp³-hybridized carbons (Fsp3) is 0.684. The van der Waals surface area contributed by atoms with E-state index in [0.717, 1.165) is 6.42 Å². The Morgan fingerprint density at radius 2 is 1.88 bits per heavy atom. The highest BCUT2D eigenvalue weighted by Gasteiger charge is 2.53. The van der Waals surface area contributed by atoms with Crippen LogP contribution in [0.3, 0.4) is 0 Å². The molecule has 0 spiro atoms. The van der Waals surface area contributed by atoms with Crippen molar-refractivity contribution < 1.29 is 30.3 Å². The van der Waals surface area contributed by atoms with Crippen LogP contribution < -0.4 is 0 Å². The number of hydrogen-bond donors (Lipinski definition) is 5. The van der Waals surface area contributed by atoms with E-state index in [9.17, 15) is 25.5 Å². The maximum atomic E-state index is 10.3. The summed E-state index contributed by atoms with van der Waals surface area (Å²) in [5.41, 5.74) is 0. The number of hydrogen-bond acceptors (Lipinski definition) is 6. The molecule has 0 bridgehead atoms. The molecular formula is C19H30O6. The second-order valence-corrected chi connectivity index (χ2v) is 7.25. The Hall–Kier alpha value is -1.02. The largest absolute Gasteiger partial charge is 0.390 e. The van der Waals surface area contributed by atoms with Crippen molar-refractivity contribution in [1.82, 2.24) is 0 Å². The van der Waals surface area contributed by atoms with Gasteiger partial charge in [0.05, 0.1) is 24.4 Å². The highest BCUT2D eigenvalue weighted by atomic mass is 16.6. The van der Waals surface area contributed by atoms with Crippen molar-refractivity contribution in [2.75, 3.05) is 0 Å². The molecule has 0 radical (unpaired) electrons. The van der Waals surface area contributed by atoms with E-state index in [1.54, 1.807) is 30.4 Å². The van der Waals surface area contributed by atoms with Crippen molar-refractivity contribution in [3.8, 4) is 0 Å². The lowest BCUT2D eigenvalue weighted by Gasteiger charge is -2.50. The van der Waals surface area contributed by atoms with E-state index in [1.165, 1.54) is 13.0 Å². The third-order valence-electron chi connectivity index (χ3n) is 5.33. The number of aliphatic hydroxyl groups is 5. The number of fused-ring (bicyclic) bond motifs is 1. The molecule has 1 heterocycles. The van der Waals surface area contributed by atoms with E-state index in [0.29, 0.717) is 0 Å². The lowest BCUT2D eigenvalue weighted by molar-refractivity contribution is -0.318. The standard InChI is InChI=1S/C19H30O6/c1-4-11(2)13(20)7-5-6-8-15-12-9-10-14(21)17(22)16(12)18(23)19(3,24)25-15/h5-18,20-24H,4H2,1-3H3/b7-5-,8-6-/t11?,12-,13?,14+,15-,16-,17-,18+,19+/m1/s1. The second-order valence-electron chi connectivity index (χ2n) is 7.25. The highest BCUT2D eigenvalue weighted by molar-refractivity contribution is 5.18. The van der Waals surface area contributed by atoms with Crippen molar-refractivity contribution in [3.63, 3.8) is 0 Å². The average Bonchev–Trinajstić information content (AvgIpc) is 2.57. The summed E-state index contributed by atoms with van der Waals surface area (Å²) >= 11 is 0. The third kappa shape index (κ3) is 4.39. The summed E-state index contributed by atoms with van der Waals surface area (Å²) in [6.07, 6.45) is 6.19. The van der Waals surface area contributed by atoms with Gasteiger partial charge in [0.1, 0.15) is 6.10 Å². The topological polar surface area (TPSA) is 110 Å². The first-order chi connectivity index (χ1) is 11.7. The lowest BCUT2D eigenvalue weighted by atomic mass is 9.70. The predicted octanol–water partition coefficient (Wildman–Crippen LogP) is 0.498. The summed E-state index contributed by atoms with van der Waals surface area (Å²) in [4.78, 5) is 0. The minimum Gasteiger partial charge on any atom is -0.390 e. The molecule has 2 aliphatic rings. The summed E-state index contributed by atoms with van der Waals surface area (Å²) < 4.78 is 5.59. The summed E-state index contributed by atoms with van der Waals surface area (Å²) in [5, 5.41) is 50.6. The molecule has 0 aromatic rings. The van der Waals surface area contributed by atoms with Gasteiger partial charge in [-0.15, -0.1) is 0 Å². The Bertz CT molecular complexity index is 526. The molecule has 1 fully saturated rings. The monoisotopic (exact) mass is 354 g/mol. The molecule has 25 heavy (non-hydrogen) atoms. The van der Waals surface area contributed by atoms with E-state index in [2.05, 4.69) is 0 Å². The van der Waals surface area contributed by atoms with Gasteiger partial charge in [0, 0.05) is 11.8 Å². The zero-order valence-electron chi connectivity index (χ0n) is 14.9. The smallest absolute Gasteiger partial charge is 0.190 e. The Labute approximate surface area is 148 Å². The minimum absolute atomic E-state index is 0.161. The maximum absolute atomic E-state index is 10.3. The van der Waals surface area contributed by atoms with Crippen LogP contribution in [0.15, 0.2) is 36.5 Å². The van der Waals surface area contributed by atoms with Crippen LogP contribution in [0.2, 0.25) is 0 Å². The molecule has 142 valence electrons. The van der Waals surface area contributed by atoms with Gasteiger partial charge in [0.2, 0.25) is 0 Å². The molecule has 1 aliphatic heterocycles. The predicted molar refractivity (Wildman–Crippen MR) is 93.4 cm³/mol. The van der Waals surface area contributed by atoms with Crippen LogP contribution in [0.25, 0.3) is 0 Å². The van der Waals surface area contributed by atoms with Gasteiger partial charge in [0.25, 0.3) is 0 Å². The molecule has 0 saturated carbocycles. The van der Waals surface area contributed by atoms with Crippen molar-refractivity contribution in [2.45, 2.75) is 63.5 Å². The van der Waals surface area contributed by atoms with Gasteiger partial charge in [-0.05, 0) is 12.8 Å². The van der Waals surface area contributed by atoms with E-state index in [1.807, 2.05) is 13.8 Å². The average molecular weight is 354 g/mol. The summed E-state index contributed by atoms with van der Waals surface area (Å²) in [6, 6.07) is 0. The quantitative estimate of drug-likeness (QED) is 0.363. The van der Waals surface area contributed by atoms with Crippen molar-refractivity contribution in [2.24, 2.45) is 17.8 Å². The van der Waals surface area contributed by atoms with Gasteiger partial charge in [-0.1, -0.05) is 56.7 Å². The normalized spacial score (nSPS) is 44.2.